The van der Waals surface area contributed by atoms with E-state index >= 15 is 0 Å². The average molecular weight is 342 g/mol. The van der Waals surface area contributed by atoms with Crippen LogP contribution in [-0.2, 0) is 4.79 Å². The fourth-order valence-corrected chi connectivity index (χ4v) is 3.35. The maximum atomic E-state index is 12.2. The van der Waals surface area contributed by atoms with E-state index in [1.807, 2.05) is 11.4 Å². The number of carbonyl (C=O) groups excluding carboxylic acids is 1. The first-order valence-corrected chi connectivity index (χ1v) is 8.66. The summed E-state index contributed by atoms with van der Waals surface area (Å²) in [4.78, 5) is 13.4. The van der Waals surface area contributed by atoms with Gasteiger partial charge in [-0.3, -0.25) is 4.79 Å². The normalized spacial score (nSPS) is 12.1. The number of hydrogen-bond acceptors (Lipinski definition) is 4. The lowest BCUT2D eigenvalue weighted by Crippen LogP contribution is -2.87. The Balaban J connectivity index is 1.68. The Labute approximate surface area is 144 Å². The third-order valence-corrected chi connectivity index (χ3v) is 4.68. The number of nitrogens with one attached hydrogen (secondary N) is 1. The van der Waals surface area contributed by atoms with Gasteiger partial charge < -0.3 is 15.2 Å². The van der Waals surface area contributed by atoms with Crippen LogP contribution in [0, 0.1) is 13.8 Å². The van der Waals surface area contributed by atoms with Gasteiger partial charge in [-0.2, -0.15) is 0 Å². The van der Waals surface area contributed by atoms with Crippen molar-refractivity contribution in [2.75, 3.05) is 11.9 Å². The van der Waals surface area contributed by atoms with E-state index in [9.17, 15) is 4.79 Å². The number of amides is 1. The van der Waals surface area contributed by atoms with E-state index in [2.05, 4.69) is 53.1 Å². The predicted octanol–water partition coefficient (Wildman–Crippen LogP) is 2.64. The van der Waals surface area contributed by atoms with Gasteiger partial charge in [-0.1, -0.05) is 41.1 Å². The molecule has 0 radical (unpaired) electrons. The lowest BCUT2D eigenvalue weighted by molar-refractivity contribution is -0.675. The molecule has 5 nitrogen and oxygen atoms in total. The van der Waals surface area contributed by atoms with Gasteiger partial charge in [0.05, 0.1) is 4.88 Å². The molecule has 2 heterocycles. The summed E-state index contributed by atoms with van der Waals surface area (Å²) >= 11 is 1.70. The SMILES string of the molecule is Cc1ccc([C@H]([NH2+]CC(=O)Nc2cc(C)on2)c2cccs2)cc1. The van der Waals surface area contributed by atoms with E-state index in [1.165, 1.54) is 16.0 Å². The molecule has 0 aliphatic heterocycles. The topological polar surface area (TPSA) is 71.7 Å². The van der Waals surface area contributed by atoms with Crippen LogP contribution >= 0.6 is 11.3 Å². The summed E-state index contributed by atoms with van der Waals surface area (Å²) in [5.41, 5.74) is 2.41. The molecule has 0 unspecified atom stereocenters. The van der Waals surface area contributed by atoms with Crippen LogP contribution in [0.25, 0.3) is 0 Å². The van der Waals surface area contributed by atoms with Crippen LogP contribution in [0.2, 0.25) is 0 Å². The maximum Gasteiger partial charge on any atom is 0.280 e. The van der Waals surface area contributed by atoms with Crippen LogP contribution < -0.4 is 10.6 Å². The first-order chi connectivity index (χ1) is 11.6. The Bertz CT molecular complexity index is 794. The molecule has 0 spiro atoms. The van der Waals surface area contributed by atoms with Crippen LogP contribution in [0.5, 0.6) is 0 Å². The molecule has 0 bridgehead atoms. The molecular weight excluding hydrogens is 322 g/mol. The quantitative estimate of drug-likeness (QED) is 0.723. The molecule has 1 aromatic carbocycles. The number of rotatable bonds is 6. The second-order valence-corrected chi connectivity index (χ2v) is 6.69. The zero-order valence-electron chi connectivity index (χ0n) is 13.7. The standard InChI is InChI=1S/C18H19N3O2S/c1-12-5-7-14(8-6-12)18(15-4-3-9-24-15)19-11-17(22)20-16-10-13(2)23-21-16/h3-10,18-19H,11H2,1-2H3,(H,20,21,22)/p+1/t18-/m0/s1. The van der Waals surface area contributed by atoms with Crippen LogP contribution in [-0.4, -0.2) is 17.6 Å². The fourth-order valence-electron chi connectivity index (χ4n) is 2.50. The highest BCUT2D eigenvalue weighted by Crippen LogP contribution is 2.23. The zero-order chi connectivity index (χ0) is 16.9. The number of benzene rings is 1. The van der Waals surface area contributed by atoms with E-state index in [0.717, 1.165) is 0 Å². The van der Waals surface area contributed by atoms with Crippen LogP contribution in [0.4, 0.5) is 5.82 Å². The molecule has 0 saturated carbocycles. The number of aromatic nitrogens is 1. The Kier molecular flexibility index (Phi) is 5.08. The molecule has 0 aliphatic carbocycles. The summed E-state index contributed by atoms with van der Waals surface area (Å²) in [7, 11) is 0. The predicted molar refractivity (Wildman–Crippen MR) is 94.0 cm³/mol. The highest BCUT2D eigenvalue weighted by molar-refractivity contribution is 7.10. The minimum absolute atomic E-state index is 0.100. The molecule has 2 aromatic heterocycles. The minimum atomic E-state index is -0.100. The molecule has 3 rings (SSSR count). The highest BCUT2D eigenvalue weighted by Gasteiger charge is 2.20. The number of quaternary nitrogens is 1. The third kappa shape index (κ3) is 4.10. The average Bonchev–Trinajstić information content (AvgIpc) is 3.21. The van der Waals surface area contributed by atoms with E-state index in [-0.39, 0.29) is 11.9 Å². The second kappa shape index (κ2) is 7.42. The largest absolute Gasteiger partial charge is 0.360 e. The molecule has 0 aliphatic rings. The van der Waals surface area contributed by atoms with Gasteiger partial charge in [-0.25, -0.2) is 0 Å². The fraction of sp³-hybridized carbons (Fsp3) is 0.222. The number of nitrogens with two attached hydrogens (primary N) is 1. The van der Waals surface area contributed by atoms with E-state index < -0.39 is 0 Å². The van der Waals surface area contributed by atoms with Gasteiger partial charge in [0, 0.05) is 11.6 Å². The maximum absolute atomic E-state index is 12.2. The van der Waals surface area contributed by atoms with Crippen molar-refractivity contribution in [3.05, 3.63) is 69.6 Å². The Morgan fingerprint density at radius 2 is 2.08 bits per heavy atom. The first-order valence-electron chi connectivity index (χ1n) is 7.78. The zero-order valence-corrected chi connectivity index (χ0v) is 14.5. The second-order valence-electron chi connectivity index (χ2n) is 5.71. The summed E-state index contributed by atoms with van der Waals surface area (Å²) < 4.78 is 4.96. The summed E-state index contributed by atoms with van der Waals surface area (Å²) in [6.07, 6.45) is 0. The summed E-state index contributed by atoms with van der Waals surface area (Å²) in [5.74, 6) is 1.02. The van der Waals surface area contributed by atoms with E-state index in [4.69, 9.17) is 4.52 Å². The highest BCUT2D eigenvalue weighted by atomic mass is 32.1. The number of hydrogen-bond donors (Lipinski definition) is 2. The van der Waals surface area contributed by atoms with E-state index in [1.54, 1.807) is 24.3 Å². The molecule has 1 amide bonds. The molecule has 0 saturated heterocycles. The van der Waals surface area contributed by atoms with Crippen molar-refractivity contribution in [3.63, 3.8) is 0 Å². The number of nitrogens with zero attached hydrogens (tertiary/aromatic N) is 1. The Morgan fingerprint density at radius 3 is 2.71 bits per heavy atom. The molecular formula is C18H20N3O2S+. The van der Waals surface area contributed by atoms with Crippen molar-refractivity contribution in [1.82, 2.24) is 5.16 Å². The smallest absolute Gasteiger partial charge is 0.280 e. The summed E-state index contributed by atoms with van der Waals surface area (Å²) in [6.45, 7) is 4.17. The molecule has 1 atom stereocenters. The van der Waals surface area contributed by atoms with Crippen LogP contribution in [0.1, 0.15) is 27.8 Å². The number of carbonyl (C=O) groups is 1. The van der Waals surface area contributed by atoms with Gasteiger partial charge >= 0.3 is 0 Å². The van der Waals surface area contributed by atoms with Gasteiger partial charge in [0.1, 0.15) is 11.8 Å². The lowest BCUT2D eigenvalue weighted by Gasteiger charge is -2.14. The van der Waals surface area contributed by atoms with Gasteiger partial charge in [-0.05, 0) is 25.3 Å². The molecule has 0 fully saturated rings. The minimum Gasteiger partial charge on any atom is -0.360 e. The van der Waals surface area contributed by atoms with Crippen LogP contribution in [0.15, 0.2) is 52.4 Å². The van der Waals surface area contributed by atoms with Gasteiger partial charge in [0.2, 0.25) is 0 Å². The molecule has 6 heteroatoms. The molecule has 3 aromatic rings. The van der Waals surface area contributed by atoms with E-state index in [0.29, 0.717) is 18.1 Å². The Hall–Kier alpha value is -2.44. The summed E-state index contributed by atoms with van der Waals surface area (Å²) in [5, 5.41) is 10.6. The van der Waals surface area contributed by atoms with Crippen molar-refractivity contribution in [2.24, 2.45) is 0 Å². The van der Waals surface area contributed by atoms with Crippen molar-refractivity contribution in [3.8, 4) is 0 Å². The number of thiophene rings is 1. The van der Waals surface area contributed by atoms with Crippen LogP contribution in [0.3, 0.4) is 0 Å². The number of aryl methyl sites for hydroxylation is 2. The van der Waals surface area contributed by atoms with Crippen molar-refractivity contribution >= 4 is 23.1 Å². The molecule has 124 valence electrons. The van der Waals surface area contributed by atoms with Gasteiger partial charge in [0.15, 0.2) is 12.4 Å². The first kappa shape index (κ1) is 16.4. The molecule has 3 N–H and O–H groups in total. The third-order valence-electron chi connectivity index (χ3n) is 3.72. The van der Waals surface area contributed by atoms with Crippen molar-refractivity contribution < 1.29 is 14.6 Å². The van der Waals surface area contributed by atoms with Crippen molar-refractivity contribution in [1.29, 1.82) is 0 Å². The monoisotopic (exact) mass is 342 g/mol. The lowest BCUT2D eigenvalue weighted by atomic mass is 10.0. The van der Waals surface area contributed by atoms with Gasteiger partial charge in [-0.15, -0.1) is 11.3 Å². The summed E-state index contributed by atoms with van der Waals surface area (Å²) in [6, 6.07) is 14.4. The number of anilines is 1. The Morgan fingerprint density at radius 1 is 1.29 bits per heavy atom. The van der Waals surface area contributed by atoms with Crippen molar-refractivity contribution in [2.45, 2.75) is 19.9 Å². The molecule has 24 heavy (non-hydrogen) atoms. The van der Waals surface area contributed by atoms with Gasteiger partial charge in [0.25, 0.3) is 5.91 Å².